The number of methoxy groups -OCH3 is 3. The Kier molecular flexibility index (Phi) is 38.2. The zero-order chi connectivity index (χ0) is 94.7. The van der Waals surface area contributed by atoms with Crippen LogP contribution in [0, 0.1) is 29.6 Å². The first kappa shape index (κ1) is 102. The number of aryl methyl sites for hydroxylation is 1. The maximum absolute atomic E-state index is 14.8. The fourth-order valence-electron chi connectivity index (χ4n) is 18.2. The zero-order valence-corrected chi connectivity index (χ0v) is 78.1. The lowest BCUT2D eigenvalue weighted by Gasteiger charge is -2.42. The van der Waals surface area contributed by atoms with Crippen LogP contribution in [0.1, 0.15) is 149 Å². The van der Waals surface area contributed by atoms with Gasteiger partial charge in [-0.05, 0) is 149 Å². The monoisotopic (exact) mass is 1850 g/mol. The molecule has 0 radical (unpaired) electrons. The Morgan fingerprint density at radius 2 is 1.53 bits per heavy atom. The van der Waals surface area contributed by atoms with Crippen LogP contribution in [0.5, 0.6) is 0 Å². The number of carbonyl (C=O) groups excluding carboxylic acids is 6. The number of oxazole rings is 1. The van der Waals surface area contributed by atoms with E-state index in [1.54, 1.807) is 75.8 Å². The number of nitrogen functional groups attached to an aromatic ring is 2. The van der Waals surface area contributed by atoms with Crippen molar-refractivity contribution in [3.05, 3.63) is 126 Å². The van der Waals surface area contributed by atoms with Crippen LogP contribution in [0.15, 0.2) is 119 Å². The van der Waals surface area contributed by atoms with E-state index in [9.17, 15) is 44.1 Å². The third kappa shape index (κ3) is 27.8. The third-order valence-corrected chi connectivity index (χ3v) is 26.0. The largest absolute Gasteiger partial charge is 0.459 e. The molecule has 2 bridgehead atoms. The molecule has 37 nitrogen and oxygen atoms in total. The predicted molar refractivity (Wildman–Crippen MR) is 495 cm³/mol. The Hall–Kier alpha value is -10.1. The van der Waals surface area contributed by atoms with E-state index in [-0.39, 0.29) is 106 Å². The van der Waals surface area contributed by atoms with Gasteiger partial charge >= 0.3 is 5.97 Å². The summed E-state index contributed by atoms with van der Waals surface area (Å²) in [6.07, 6.45) is 18.7. The maximum Gasteiger partial charge on any atom is 0.329 e. The number of aliphatic hydroxyl groups excluding tert-OH is 2. The standard InChI is InChI=1S/C96H135N17O20/c1-60-18-11-10-12-19-61(2)80(123-7)50-73-26-23-65(6)96(122,133-73)89(119)92(120)112-31-15-13-22-76(112)93(121)131-81(51-77(115)62(3)45-64(5)87(118)88(125-9)86(117)63(4)44-60)74(97)47-66-24-27-79(82(48-66)124-8)130-58-67-20-17-21-68(46-67)70-52-101-95(102-53-70)110-34-33-109(72(56-110)57-114)54-71-55-111(108-106-71)35-37-127-39-41-129-43-42-128-40-38-126-36-29-83(116)100-30-14-16-32-113-91-84(90(98)103-59-104-91)85(107-113)69-25-28-78-75(49-69)105-94(99)132-78/h10-12,17-21,25,28,45-46,49,52-53,55,59-60,62-63,65-66,72-74,76,79-82,87-88,114,118,122H,13-16,22-24,26-27,29-44,47-48,50-51,54,56-58,97H2,1-9H3,(H2,99,105)(H,100,116)(H2,98,103,104)/b12-10+,18-11+,61-19+,64-45+/t60-,62-,63-,65-,66+,72?,73+,74-,76+,79-,80+,81?,82-,87-,88+,96-/m1/s1. The van der Waals surface area contributed by atoms with Crippen LogP contribution in [-0.4, -0.2) is 290 Å². The van der Waals surface area contributed by atoms with Crippen LogP contribution in [0.4, 0.5) is 17.8 Å². The molecule has 4 fully saturated rings. The molecule has 12 rings (SSSR count). The Bertz CT molecular complexity index is 5100. The molecule has 3 saturated heterocycles. The Balaban J connectivity index is 0.550. The number of allylic oxidation sites excluding steroid dienone is 6. The van der Waals surface area contributed by atoms with Gasteiger partial charge in [-0.3, -0.25) is 28.9 Å². The number of amides is 2. The Morgan fingerprint density at radius 1 is 0.767 bits per heavy atom. The highest BCUT2D eigenvalue weighted by molar-refractivity contribution is 6.39. The van der Waals surface area contributed by atoms with Gasteiger partial charge in [0.15, 0.2) is 17.0 Å². The van der Waals surface area contributed by atoms with E-state index >= 15 is 0 Å². The summed E-state index contributed by atoms with van der Waals surface area (Å²) in [4.78, 5) is 113. The lowest BCUT2D eigenvalue weighted by atomic mass is 9.80. The molecule has 2 aromatic carbocycles. The molecule has 2 amide bonds. The summed E-state index contributed by atoms with van der Waals surface area (Å²) in [5, 5.41) is 51.7. The van der Waals surface area contributed by atoms with Crippen molar-refractivity contribution < 1.29 is 95.9 Å². The molecular weight excluding hydrogens is 1710 g/mol. The van der Waals surface area contributed by atoms with E-state index in [4.69, 9.17) is 84.1 Å². The number of ether oxygens (including phenoxy) is 10. The number of hydrogen-bond donors (Lipinski definition) is 7. The first-order valence-corrected chi connectivity index (χ1v) is 46.7. The minimum Gasteiger partial charge on any atom is -0.459 e. The molecule has 5 aromatic heterocycles. The minimum atomic E-state index is -2.50. The second-order valence-corrected chi connectivity index (χ2v) is 35.8. The second-order valence-electron chi connectivity index (χ2n) is 35.8. The highest BCUT2D eigenvalue weighted by Crippen LogP contribution is 2.40. The van der Waals surface area contributed by atoms with Gasteiger partial charge in [0, 0.05) is 140 Å². The van der Waals surface area contributed by atoms with Gasteiger partial charge in [0.05, 0.1) is 114 Å². The van der Waals surface area contributed by atoms with Gasteiger partial charge in [0.1, 0.15) is 53.5 Å². The summed E-state index contributed by atoms with van der Waals surface area (Å²) in [7, 11) is 4.58. The lowest BCUT2D eigenvalue weighted by Crippen LogP contribution is -2.61. The van der Waals surface area contributed by atoms with Crippen LogP contribution >= 0.6 is 0 Å². The van der Waals surface area contributed by atoms with Crippen LogP contribution in [-0.2, 0) is 102 Å². The molecule has 724 valence electrons. The first-order chi connectivity index (χ1) is 64.2. The van der Waals surface area contributed by atoms with Crippen molar-refractivity contribution in [3.63, 3.8) is 0 Å². The molecule has 2 unspecified atom stereocenters. The van der Waals surface area contributed by atoms with Crippen molar-refractivity contribution >= 4 is 75.0 Å². The number of esters is 1. The van der Waals surface area contributed by atoms with Gasteiger partial charge < -0.3 is 99.4 Å². The van der Waals surface area contributed by atoms with Crippen LogP contribution < -0.4 is 27.4 Å². The van der Waals surface area contributed by atoms with Crippen molar-refractivity contribution in [1.29, 1.82) is 0 Å². The normalized spacial score (nSPS) is 27.2. The average Bonchev–Trinajstić information content (AvgIpc) is 1.52. The summed E-state index contributed by atoms with van der Waals surface area (Å²) in [6.45, 7) is 17.6. The molecule has 9 heterocycles. The van der Waals surface area contributed by atoms with Gasteiger partial charge in [0.2, 0.25) is 17.6 Å². The van der Waals surface area contributed by atoms with Crippen molar-refractivity contribution in [3.8, 4) is 22.4 Å². The third-order valence-electron chi connectivity index (χ3n) is 26.0. The van der Waals surface area contributed by atoms with Crippen molar-refractivity contribution in [1.82, 2.24) is 64.8 Å². The smallest absolute Gasteiger partial charge is 0.329 e. The van der Waals surface area contributed by atoms with Crippen LogP contribution in [0.3, 0.4) is 0 Å². The number of nitrogens with one attached hydrogen (secondary N) is 1. The number of unbranched alkanes of at least 4 members (excludes halogenated alkanes) is 1. The van der Waals surface area contributed by atoms with Crippen LogP contribution in [0.2, 0.25) is 0 Å². The lowest BCUT2D eigenvalue weighted by molar-refractivity contribution is -0.265. The van der Waals surface area contributed by atoms with E-state index < -0.39 is 83.8 Å². The van der Waals surface area contributed by atoms with Gasteiger partial charge in [-0.15, -0.1) is 5.10 Å². The molecule has 1 aliphatic carbocycles. The first-order valence-electron chi connectivity index (χ1n) is 46.7. The topological polar surface area (TPSA) is 481 Å². The fourth-order valence-corrected chi connectivity index (χ4v) is 18.2. The molecular formula is C96H135N17O20. The van der Waals surface area contributed by atoms with E-state index in [1.807, 2.05) is 86.8 Å². The van der Waals surface area contributed by atoms with E-state index in [0.717, 1.165) is 51.3 Å². The molecule has 16 atom stereocenters. The number of piperidine rings is 1. The zero-order valence-electron chi connectivity index (χ0n) is 78.1. The summed E-state index contributed by atoms with van der Waals surface area (Å²) in [6, 6.07) is 11.2. The molecule has 133 heavy (non-hydrogen) atoms. The van der Waals surface area contributed by atoms with Gasteiger partial charge in [-0.1, -0.05) is 87.6 Å². The molecule has 10 N–H and O–H groups in total. The quantitative estimate of drug-likeness (QED) is 0.00856. The highest BCUT2D eigenvalue weighted by Gasteiger charge is 2.53. The van der Waals surface area contributed by atoms with Crippen LogP contribution in [0.25, 0.3) is 44.5 Å². The number of ketones is 3. The number of aliphatic hydroxyl groups is 3. The summed E-state index contributed by atoms with van der Waals surface area (Å²) >= 11 is 0. The number of fused-ring (bicyclic) bond motifs is 5. The predicted octanol–water partition coefficient (Wildman–Crippen LogP) is 7.99. The number of rotatable bonds is 35. The minimum absolute atomic E-state index is 0.0234. The molecule has 1 saturated carbocycles. The van der Waals surface area contributed by atoms with E-state index in [0.29, 0.717) is 195 Å². The number of carbonyl (C=O) groups is 6. The summed E-state index contributed by atoms with van der Waals surface area (Å²) in [5.74, 6) is -7.68. The Labute approximate surface area is 776 Å². The SMILES string of the molecule is CO[C@H]1C[C@@H]2CC[C@@H](C)[C@@](O)(O2)C(=O)C(=O)N2CCCC[C@H]2C(=O)OC([C@H](N)C[C@@H]2CC[C@@H](OCc3cccc(-c4cnc(N5CCN(Cc6cn(CCOCCOCCOCCOCCC(=O)NCCCCn7nc(-c8ccc9oc(N)nc9c8)c8c(N)ncnc87)nn6)C(CO)C5)nc4)c3)[C@H](OC)C2)CC(=O)[C@H](C)/C=C(\C)[C@@H](O)[C@@H](OC)C(=O)[C@H](C)C[C@H](C)/C=C/C=C/C=C/1C. The second kappa shape index (κ2) is 49.9. The molecule has 5 aliphatic rings. The van der Waals surface area contributed by atoms with Gasteiger partial charge in [-0.2, -0.15) is 10.1 Å². The van der Waals surface area contributed by atoms with Gasteiger partial charge in [0.25, 0.3) is 17.7 Å². The number of anilines is 3. The maximum atomic E-state index is 14.8. The number of nitrogens with two attached hydrogens (primary N) is 3. The molecule has 37 heteroatoms. The number of aromatic nitrogens is 10. The van der Waals surface area contributed by atoms with E-state index in [2.05, 4.69) is 40.4 Å². The summed E-state index contributed by atoms with van der Waals surface area (Å²) < 4.78 is 68.6. The molecule has 0 spiro atoms. The van der Waals surface area contributed by atoms with Crippen molar-refractivity contribution in [2.24, 2.45) is 35.3 Å². The number of cyclic esters (lactones) is 1. The van der Waals surface area contributed by atoms with Gasteiger partial charge in [-0.25, -0.2) is 34.1 Å². The highest BCUT2D eigenvalue weighted by atomic mass is 16.6. The Morgan fingerprint density at radius 3 is 2.29 bits per heavy atom. The van der Waals surface area contributed by atoms with Crippen molar-refractivity contribution in [2.75, 3.05) is 130 Å². The molecule has 4 aliphatic heterocycles. The summed E-state index contributed by atoms with van der Waals surface area (Å²) in [5.41, 5.74) is 27.0. The number of Topliss-reactive ketones (excluding diaryl/α,β-unsaturated/α-hetero) is 3. The number of nitrogens with zero attached hydrogens (tertiary/aromatic N) is 13. The number of piperazine rings is 1. The number of benzene rings is 2. The van der Waals surface area contributed by atoms with Crippen molar-refractivity contribution in [2.45, 2.75) is 231 Å². The fraction of sp³-hybridized carbons (Fsp3) is 0.604. The van der Waals surface area contributed by atoms with E-state index in [1.165, 1.54) is 13.4 Å². The molecule has 7 aromatic rings. The number of hydrogen-bond acceptors (Lipinski definition) is 33. The average molecular weight is 1850 g/mol.